The van der Waals surface area contributed by atoms with E-state index in [0.29, 0.717) is 5.69 Å². The van der Waals surface area contributed by atoms with Gasteiger partial charge in [0.1, 0.15) is 23.9 Å². The van der Waals surface area contributed by atoms with Gasteiger partial charge in [0, 0.05) is 13.0 Å². The summed E-state index contributed by atoms with van der Waals surface area (Å²) >= 11 is 0. The van der Waals surface area contributed by atoms with Gasteiger partial charge in [-0.3, -0.25) is 5.10 Å². The van der Waals surface area contributed by atoms with Gasteiger partial charge in [-0.15, -0.1) is 0 Å². The van der Waals surface area contributed by atoms with E-state index in [4.69, 9.17) is 5.26 Å². The van der Waals surface area contributed by atoms with Gasteiger partial charge in [-0.2, -0.15) is 10.4 Å². The Kier molecular flexibility index (Phi) is 3.65. The van der Waals surface area contributed by atoms with Crippen LogP contribution in [0.4, 0.5) is 5.69 Å². The zero-order valence-corrected chi connectivity index (χ0v) is 9.22. The molecule has 0 atom stereocenters. The van der Waals surface area contributed by atoms with E-state index in [-0.39, 0.29) is 0 Å². The minimum Gasteiger partial charge on any atom is -0.384 e. The predicted octanol–water partition coefficient (Wildman–Crippen LogP) is 1.12. The molecule has 0 aliphatic rings. The third-order valence-electron chi connectivity index (χ3n) is 2.26. The maximum atomic E-state index is 8.60. The van der Waals surface area contributed by atoms with Crippen LogP contribution in [0.15, 0.2) is 24.7 Å². The standard InChI is InChI=1S/C11H12N6/c12-6-9-3-4-10(7-14-9)13-5-1-2-11-15-8-16-17-11/h3-4,7-8,13H,1-2,5H2,(H,15,16,17). The number of nitrogens with one attached hydrogen (secondary N) is 2. The van der Waals surface area contributed by atoms with E-state index in [1.807, 2.05) is 12.1 Å². The van der Waals surface area contributed by atoms with Crippen LogP contribution < -0.4 is 5.32 Å². The fourth-order valence-corrected chi connectivity index (χ4v) is 1.40. The van der Waals surface area contributed by atoms with Crippen LogP contribution >= 0.6 is 0 Å². The van der Waals surface area contributed by atoms with E-state index in [1.165, 1.54) is 6.33 Å². The molecule has 0 spiro atoms. The maximum absolute atomic E-state index is 8.60. The molecule has 0 bridgehead atoms. The second-order valence-corrected chi connectivity index (χ2v) is 3.51. The van der Waals surface area contributed by atoms with Crippen molar-refractivity contribution >= 4 is 5.69 Å². The van der Waals surface area contributed by atoms with Crippen LogP contribution in [0.5, 0.6) is 0 Å². The number of aryl methyl sites for hydroxylation is 1. The summed E-state index contributed by atoms with van der Waals surface area (Å²) in [5.74, 6) is 0.893. The van der Waals surface area contributed by atoms with Crippen LogP contribution in [-0.2, 0) is 6.42 Å². The highest BCUT2D eigenvalue weighted by Crippen LogP contribution is 2.05. The van der Waals surface area contributed by atoms with Gasteiger partial charge in [0.25, 0.3) is 0 Å². The van der Waals surface area contributed by atoms with Gasteiger partial charge in [0.05, 0.1) is 11.9 Å². The molecule has 2 aromatic heterocycles. The first-order chi connectivity index (χ1) is 8.38. The normalized spacial score (nSPS) is 9.82. The lowest BCUT2D eigenvalue weighted by Gasteiger charge is -2.04. The van der Waals surface area contributed by atoms with Crippen molar-refractivity contribution < 1.29 is 0 Å². The number of aromatic amines is 1. The van der Waals surface area contributed by atoms with Gasteiger partial charge in [-0.1, -0.05) is 0 Å². The van der Waals surface area contributed by atoms with Crippen molar-refractivity contribution in [2.45, 2.75) is 12.8 Å². The zero-order chi connectivity index (χ0) is 11.9. The molecule has 0 saturated carbocycles. The van der Waals surface area contributed by atoms with Crippen LogP contribution in [0.2, 0.25) is 0 Å². The topological polar surface area (TPSA) is 90.3 Å². The average molecular weight is 228 g/mol. The third-order valence-corrected chi connectivity index (χ3v) is 2.26. The molecule has 86 valence electrons. The van der Waals surface area contributed by atoms with Crippen molar-refractivity contribution in [3.63, 3.8) is 0 Å². The molecule has 0 saturated heterocycles. The van der Waals surface area contributed by atoms with E-state index < -0.39 is 0 Å². The Morgan fingerprint density at radius 3 is 2.94 bits per heavy atom. The molecule has 6 heteroatoms. The number of hydrogen-bond acceptors (Lipinski definition) is 5. The smallest absolute Gasteiger partial charge is 0.140 e. The van der Waals surface area contributed by atoms with Gasteiger partial charge >= 0.3 is 0 Å². The monoisotopic (exact) mass is 228 g/mol. The Hall–Kier alpha value is -2.42. The second kappa shape index (κ2) is 5.61. The number of rotatable bonds is 5. The number of nitrogens with zero attached hydrogens (tertiary/aromatic N) is 4. The molecule has 2 rings (SSSR count). The van der Waals surface area contributed by atoms with Crippen molar-refractivity contribution in [2.75, 3.05) is 11.9 Å². The first-order valence-corrected chi connectivity index (χ1v) is 5.33. The number of anilines is 1. The quantitative estimate of drug-likeness (QED) is 0.748. The van der Waals surface area contributed by atoms with Crippen molar-refractivity contribution in [1.29, 1.82) is 5.26 Å². The fraction of sp³-hybridized carbons (Fsp3) is 0.273. The van der Waals surface area contributed by atoms with Crippen LogP contribution in [0.25, 0.3) is 0 Å². The Morgan fingerprint density at radius 2 is 2.29 bits per heavy atom. The van der Waals surface area contributed by atoms with Crippen LogP contribution in [0, 0.1) is 11.3 Å². The molecule has 2 N–H and O–H groups in total. The molecule has 0 aromatic carbocycles. The summed E-state index contributed by atoms with van der Waals surface area (Å²) < 4.78 is 0. The Labute approximate surface area is 98.7 Å². The van der Waals surface area contributed by atoms with Crippen molar-refractivity contribution in [1.82, 2.24) is 20.2 Å². The van der Waals surface area contributed by atoms with Crippen LogP contribution in [0.3, 0.4) is 0 Å². The lowest BCUT2D eigenvalue weighted by molar-refractivity contribution is 0.805. The molecule has 2 aromatic rings. The van der Waals surface area contributed by atoms with Crippen LogP contribution in [0.1, 0.15) is 17.9 Å². The van der Waals surface area contributed by atoms with Gasteiger partial charge in [-0.25, -0.2) is 9.97 Å². The summed E-state index contributed by atoms with van der Waals surface area (Å²) in [6.07, 6.45) is 4.98. The minimum atomic E-state index is 0.428. The molecular formula is C11H12N6. The predicted molar refractivity (Wildman–Crippen MR) is 62.1 cm³/mol. The molecule has 2 heterocycles. The van der Waals surface area contributed by atoms with Crippen molar-refractivity contribution in [2.24, 2.45) is 0 Å². The zero-order valence-electron chi connectivity index (χ0n) is 9.22. The van der Waals surface area contributed by atoms with Crippen molar-refractivity contribution in [3.05, 3.63) is 36.2 Å². The summed E-state index contributed by atoms with van der Waals surface area (Å²) in [5, 5.41) is 18.4. The number of H-pyrrole nitrogens is 1. The van der Waals surface area contributed by atoms with E-state index in [2.05, 4.69) is 25.5 Å². The molecular weight excluding hydrogens is 216 g/mol. The molecule has 17 heavy (non-hydrogen) atoms. The van der Waals surface area contributed by atoms with E-state index in [1.54, 1.807) is 12.3 Å². The largest absolute Gasteiger partial charge is 0.384 e. The van der Waals surface area contributed by atoms with Crippen LogP contribution in [-0.4, -0.2) is 26.7 Å². The molecule has 0 unspecified atom stereocenters. The highest BCUT2D eigenvalue weighted by molar-refractivity contribution is 5.42. The number of aromatic nitrogens is 4. The van der Waals surface area contributed by atoms with E-state index >= 15 is 0 Å². The lowest BCUT2D eigenvalue weighted by Crippen LogP contribution is -2.04. The maximum Gasteiger partial charge on any atom is 0.140 e. The Bertz CT molecular complexity index is 482. The Balaban J connectivity index is 1.73. The van der Waals surface area contributed by atoms with E-state index in [9.17, 15) is 0 Å². The van der Waals surface area contributed by atoms with Gasteiger partial charge in [0.15, 0.2) is 0 Å². The number of hydrogen-bond donors (Lipinski definition) is 2. The number of nitriles is 1. The van der Waals surface area contributed by atoms with E-state index in [0.717, 1.165) is 30.9 Å². The summed E-state index contributed by atoms with van der Waals surface area (Å²) in [6.45, 7) is 0.828. The summed E-state index contributed by atoms with van der Waals surface area (Å²) in [5.41, 5.74) is 1.35. The first-order valence-electron chi connectivity index (χ1n) is 5.33. The Morgan fingerprint density at radius 1 is 1.35 bits per heavy atom. The highest BCUT2D eigenvalue weighted by atomic mass is 15.2. The minimum absolute atomic E-state index is 0.428. The van der Waals surface area contributed by atoms with Gasteiger partial charge in [0.2, 0.25) is 0 Å². The summed E-state index contributed by atoms with van der Waals surface area (Å²) in [6, 6.07) is 5.52. The lowest BCUT2D eigenvalue weighted by atomic mass is 10.3. The fourth-order valence-electron chi connectivity index (χ4n) is 1.40. The first kappa shape index (κ1) is 11.1. The summed E-state index contributed by atoms with van der Waals surface area (Å²) in [7, 11) is 0. The molecule has 6 nitrogen and oxygen atoms in total. The van der Waals surface area contributed by atoms with Gasteiger partial charge in [-0.05, 0) is 18.6 Å². The highest BCUT2D eigenvalue weighted by Gasteiger charge is 1.97. The van der Waals surface area contributed by atoms with Gasteiger partial charge < -0.3 is 5.32 Å². The molecule has 0 fully saturated rings. The second-order valence-electron chi connectivity index (χ2n) is 3.51. The molecule has 0 amide bonds. The van der Waals surface area contributed by atoms with Crippen molar-refractivity contribution in [3.8, 4) is 6.07 Å². The SMILES string of the molecule is N#Cc1ccc(NCCCc2ncn[nH]2)cn1. The number of pyridine rings is 1. The molecule has 0 aliphatic heterocycles. The molecule has 0 aliphatic carbocycles. The molecule has 0 radical (unpaired) electrons. The average Bonchev–Trinajstić information content (AvgIpc) is 2.88. The summed E-state index contributed by atoms with van der Waals surface area (Å²) in [4.78, 5) is 8.01. The third kappa shape index (κ3) is 3.28.